The molecular weight excluding hydrogens is 505 g/mol. The molecule has 1 amide bonds. The van der Waals surface area contributed by atoms with Gasteiger partial charge in [0.05, 0.1) is 19.3 Å². The van der Waals surface area contributed by atoms with Crippen molar-refractivity contribution >= 4 is 28.1 Å². The quantitative estimate of drug-likeness (QED) is 0.0566. The van der Waals surface area contributed by atoms with Gasteiger partial charge < -0.3 is 23.6 Å². The maximum Gasteiger partial charge on any atom is 0.340 e. The summed E-state index contributed by atoms with van der Waals surface area (Å²) >= 11 is 0. The molecule has 0 spiro atoms. The summed E-state index contributed by atoms with van der Waals surface area (Å²) in [6.07, 6.45) is 12.7. The van der Waals surface area contributed by atoms with E-state index in [9.17, 15) is 14.2 Å². The van der Waals surface area contributed by atoms with Crippen molar-refractivity contribution in [1.29, 1.82) is 0 Å². The Bertz CT molecular complexity index is 808. The number of rotatable bonds is 20. The minimum absolute atomic E-state index is 0.0612. The van der Waals surface area contributed by atoms with Crippen molar-refractivity contribution in [3.63, 3.8) is 0 Å². The predicted octanol–water partition coefficient (Wildman–Crippen LogP) is 7.07. The molecule has 0 rings (SSSR count). The zero-order chi connectivity index (χ0) is 28.5. The van der Waals surface area contributed by atoms with Crippen LogP contribution >= 0.6 is 7.60 Å². The van der Waals surface area contributed by atoms with Gasteiger partial charge in [0, 0.05) is 12.5 Å². The van der Waals surface area contributed by atoms with Crippen LogP contribution < -0.4 is 5.32 Å². The van der Waals surface area contributed by atoms with Crippen molar-refractivity contribution in [1.82, 2.24) is 5.32 Å². The first-order valence-corrected chi connectivity index (χ1v) is 18.6. The molecule has 0 bridgehead atoms. The third kappa shape index (κ3) is 18.6. The van der Waals surface area contributed by atoms with Gasteiger partial charge in [-0.05, 0) is 78.9 Å². The van der Waals surface area contributed by atoms with E-state index in [4.69, 9.17) is 13.5 Å². The smallest absolute Gasteiger partial charge is 0.340 e. The predicted molar refractivity (Wildman–Crippen MR) is 156 cm³/mol. The topological polar surface area (TPSA) is 90.9 Å². The fraction of sp³-hybridized carbons (Fsp3) is 0.714. The minimum Gasteiger partial charge on any atom is -0.414 e. The first-order valence-electron chi connectivity index (χ1n) is 13.5. The van der Waals surface area contributed by atoms with Crippen molar-refractivity contribution in [3.8, 4) is 0 Å². The van der Waals surface area contributed by atoms with Gasteiger partial charge >= 0.3 is 7.60 Å². The van der Waals surface area contributed by atoms with Crippen LogP contribution in [-0.2, 0) is 27.6 Å². The molecular formula is C28H52NO6PSi. The maximum atomic E-state index is 12.4. The highest BCUT2D eigenvalue weighted by Gasteiger charge is 2.27. The van der Waals surface area contributed by atoms with Gasteiger partial charge in [-0.25, -0.2) is 0 Å². The van der Waals surface area contributed by atoms with Crippen LogP contribution in [0.4, 0.5) is 0 Å². The van der Waals surface area contributed by atoms with E-state index >= 15 is 0 Å². The van der Waals surface area contributed by atoms with Crippen LogP contribution in [0, 0.1) is 11.8 Å². The summed E-state index contributed by atoms with van der Waals surface area (Å²) in [5, 5.41) is 2.84. The second-order valence-electron chi connectivity index (χ2n) is 10.8. The van der Waals surface area contributed by atoms with Crippen LogP contribution in [0.1, 0.15) is 67.2 Å². The number of hydrogen-bond donors (Lipinski definition) is 1. The molecule has 1 N–H and O–H groups in total. The van der Waals surface area contributed by atoms with Crippen LogP contribution in [0.5, 0.6) is 0 Å². The lowest BCUT2D eigenvalue weighted by Crippen LogP contribution is -2.35. The summed E-state index contributed by atoms with van der Waals surface area (Å²) in [7, 11) is -5.08. The summed E-state index contributed by atoms with van der Waals surface area (Å²) in [6, 6.07) is 0. The molecule has 0 unspecified atom stereocenters. The summed E-state index contributed by atoms with van der Waals surface area (Å²) in [6.45, 7) is 19.2. The number of carbonyl (C=O) groups excluding carboxylic acids is 2. The highest BCUT2D eigenvalue weighted by molar-refractivity contribution is 7.54. The van der Waals surface area contributed by atoms with Crippen molar-refractivity contribution in [2.45, 2.75) is 93.0 Å². The lowest BCUT2D eigenvalue weighted by molar-refractivity contribution is -0.119. The molecule has 0 radical (unpaired) electrons. The van der Waals surface area contributed by atoms with E-state index in [-0.39, 0.29) is 37.3 Å². The average Bonchev–Trinajstić information content (AvgIpc) is 2.79. The molecule has 7 nitrogen and oxygen atoms in total. The zero-order valence-corrected chi connectivity index (χ0v) is 26.6. The number of nitrogens with one attached hydrogen (secondary N) is 1. The van der Waals surface area contributed by atoms with Crippen LogP contribution in [0.25, 0.3) is 0 Å². The van der Waals surface area contributed by atoms with Gasteiger partial charge in [-0.3, -0.25) is 9.36 Å². The number of carbonyl (C=O) groups is 2. The molecule has 0 aromatic rings. The second kappa shape index (κ2) is 18.9. The Hall–Kier alpha value is -1.31. The number of aldehydes is 1. The molecule has 0 aliphatic heterocycles. The fourth-order valence-corrected chi connectivity index (χ4v) is 6.38. The lowest BCUT2D eigenvalue weighted by atomic mass is 10.0. The highest BCUT2D eigenvalue weighted by atomic mass is 31.2. The monoisotopic (exact) mass is 557 g/mol. The number of allylic oxidation sites excluding steroid dienone is 5. The molecule has 214 valence electrons. The van der Waals surface area contributed by atoms with Crippen LogP contribution in [0.2, 0.25) is 19.6 Å². The van der Waals surface area contributed by atoms with Crippen molar-refractivity contribution in [3.05, 3.63) is 35.5 Å². The fourth-order valence-electron chi connectivity index (χ4n) is 3.65. The first kappa shape index (κ1) is 35.7. The van der Waals surface area contributed by atoms with Crippen LogP contribution in [0.3, 0.4) is 0 Å². The Morgan fingerprint density at radius 2 is 1.68 bits per heavy atom. The van der Waals surface area contributed by atoms with Gasteiger partial charge in [0.15, 0.2) is 8.32 Å². The average molecular weight is 558 g/mol. The van der Waals surface area contributed by atoms with Gasteiger partial charge in [0.25, 0.3) is 0 Å². The highest BCUT2D eigenvalue weighted by Crippen LogP contribution is 2.47. The molecule has 0 fully saturated rings. The first-order chi connectivity index (χ1) is 17.2. The summed E-state index contributed by atoms with van der Waals surface area (Å²) in [4.78, 5) is 23.4. The summed E-state index contributed by atoms with van der Waals surface area (Å²) in [5.41, 5.74) is 2.54. The Labute approximate surface area is 227 Å². The lowest BCUT2D eigenvalue weighted by Gasteiger charge is -2.28. The Kier molecular flexibility index (Phi) is 18.2. The van der Waals surface area contributed by atoms with E-state index in [0.29, 0.717) is 12.5 Å². The molecule has 37 heavy (non-hydrogen) atoms. The van der Waals surface area contributed by atoms with E-state index in [1.807, 2.05) is 6.92 Å². The van der Waals surface area contributed by atoms with Crippen LogP contribution in [0.15, 0.2) is 35.5 Å². The van der Waals surface area contributed by atoms with Crippen molar-refractivity contribution < 1.29 is 27.6 Å². The van der Waals surface area contributed by atoms with Crippen molar-refractivity contribution in [2.75, 3.05) is 25.9 Å². The van der Waals surface area contributed by atoms with E-state index in [1.54, 1.807) is 13.8 Å². The van der Waals surface area contributed by atoms with Gasteiger partial charge in [-0.1, -0.05) is 49.3 Å². The molecule has 0 aliphatic carbocycles. The number of amides is 1. The summed E-state index contributed by atoms with van der Waals surface area (Å²) < 4.78 is 29.0. The molecule has 3 atom stereocenters. The van der Waals surface area contributed by atoms with Gasteiger partial charge in [-0.2, -0.15) is 0 Å². The zero-order valence-electron chi connectivity index (χ0n) is 24.7. The summed E-state index contributed by atoms with van der Waals surface area (Å²) in [5.74, 6) is -0.131. The third-order valence-electron chi connectivity index (χ3n) is 5.54. The maximum absolute atomic E-state index is 12.4. The van der Waals surface area contributed by atoms with E-state index < -0.39 is 15.9 Å². The molecule has 0 aliphatic rings. The molecule has 0 aromatic heterocycles. The molecule has 0 saturated heterocycles. The van der Waals surface area contributed by atoms with Gasteiger partial charge in [0.2, 0.25) is 5.91 Å². The Balaban J connectivity index is 4.51. The Morgan fingerprint density at radius 1 is 1.05 bits per heavy atom. The molecule has 9 heteroatoms. The normalized spacial score (nSPS) is 16.0. The minimum atomic E-state index is -3.36. The Morgan fingerprint density at radius 3 is 2.22 bits per heavy atom. The second-order valence-corrected chi connectivity index (χ2v) is 17.3. The van der Waals surface area contributed by atoms with E-state index in [1.165, 1.54) is 11.1 Å². The largest absolute Gasteiger partial charge is 0.414 e. The number of hydrogen-bond acceptors (Lipinski definition) is 6. The van der Waals surface area contributed by atoms with Gasteiger partial charge in [0.1, 0.15) is 12.4 Å². The SMILES string of the molecule is CCOP(=O)(CC(=O)NC[C@@H](C)CC/C=C/C=C(\C)C/C(C)=C/C[C@H](O[Si](C)(C)C)[C@@H](C)C=O)OCC. The van der Waals surface area contributed by atoms with Gasteiger partial charge in [-0.15, -0.1) is 0 Å². The van der Waals surface area contributed by atoms with E-state index in [0.717, 1.165) is 32.0 Å². The molecule has 0 saturated carbocycles. The third-order valence-corrected chi connectivity index (χ3v) is 8.53. The molecule has 0 heterocycles. The van der Waals surface area contributed by atoms with Crippen LogP contribution in [-0.4, -0.2) is 52.5 Å². The van der Waals surface area contributed by atoms with E-state index in [2.05, 4.69) is 70.0 Å². The molecule has 0 aromatic carbocycles. The standard InChI is InChI=1S/C28H52NO6PSi/c1-10-33-36(32,34-11-2)22-28(31)29-20-25(5)16-14-12-13-15-23(3)19-24(4)17-18-27(26(6)21-30)35-37(7,8)9/h12-13,15,17,21,25-27H,10-11,14,16,18-20,22H2,1-9H3,(H,29,31)/b13-12+,23-15+,24-17+/t25-,26-,27-/m0/s1. The van der Waals surface area contributed by atoms with Crippen molar-refractivity contribution in [2.24, 2.45) is 11.8 Å².